The first-order valence-corrected chi connectivity index (χ1v) is 27.1. The molecular weight excluding hydrogens is 941 g/mol. The van der Waals surface area contributed by atoms with Crippen LogP contribution in [0.3, 0.4) is 0 Å². The molecule has 2 N–H and O–H groups in total. The van der Waals surface area contributed by atoms with E-state index >= 15 is 0 Å². The molecule has 0 amide bonds. The third-order valence-electron chi connectivity index (χ3n) is 15.8. The minimum Gasteiger partial charge on any atom is -0.478 e. The van der Waals surface area contributed by atoms with Gasteiger partial charge in [-0.1, -0.05) is 109 Å². The van der Waals surface area contributed by atoms with E-state index in [-0.39, 0.29) is 12.1 Å². The number of fused-ring (bicyclic) bond motifs is 2. The van der Waals surface area contributed by atoms with E-state index in [0.29, 0.717) is 12.1 Å². The van der Waals surface area contributed by atoms with Crippen LogP contribution in [-0.2, 0) is 35.5 Å². The fourth-order valence-electron chi connectivity index (χ4n) is 11.5. The zero-order valence-corrected chi connectivity index (χ0v) is 43.8. The van der Waals surface area contributed by atoms with E-state index in [4.69, 9.17) is 10.2 Å². The van der Waals surface area contributed by atoms with Crippen LogP contribution in [0.4, 0.5) is 11.4 Å². The summed E-state index contributed by atoms with van der Waals surface area (Å²) in [6.45, 7) is 10.5. The van der Waals surface area contributed by atoms with Crippen LogP contribution < -0.4 is 9.80 Å². The number of carboxylic acid groups (broad SMARTS) is 2. The van der Waals surface area contributed by atoms with Crippen molar-refractivity contribution in [3.8, 4) is 22.3 Å². The molecule has 2 aliphatic carbocycles. The van der Waals surface area contributed by atoms with Crippen molar-refractivity contribution in [1.29, 1.82) is 0 Å². The maximum absolute atomic E-state index is 11.0. The number of aliphatic carboxylic acids is 2. The number of nitrogens with zero attached hydrogens (tertiary/aromatic N) is 6. The number of benzene rings is 6. The number of aromatic nitrogens is 4. The monoisotopic (exact) mass is 1010 g/mol. The highest BCUT2D eigenvalue weighted by Crippen LogP contribution is 2.47. The number of carboxylic acids is 2. The Morgan fingerprint density at radius 1 is 0.500 bits per heavy atom. The van der Waals surface area contributed by atoms with Crippen LogP contribution in [0.25, 0.3) is 34.4 Å². The third kappa shape index (κ3) is 10.8. The number of anilines is 2. The predicted molar refractivity (Wildman–Crippen MR) is 305 cm³/mol. The number of hydrogen-bond donors (Lipinski definition) is 2. The Labute approximate surface area is 446 Å². The van der Waals surface area contributed by atoms with Crippen molar-refractivity contribution < 1.29 is 19.8 Å². The van der Waals surface area contributed by atoms with Gasteiger partial charge in [0.15, 0.2) is 0 Å². The Kier molecular flexibility index (Phi) is 14.2. The molecule has 4 atom stereocenters. The Balaban J connectivity index is 0.000000162. The molecule has 12 rings (SSSR count). The summed E-state index contributed by atoms with van der Waals surface area (Å²) in [6, 6.07) is 49.4. The minimum atomic E-state index is -0.940. The lowest BCUT2D eigenvalue weighted by molar-refractivity contribution is -0.132. The van der Waals surface area contributed by atoms with Crippen LogP contribution in [0, 0.1) is 0 Å². The lowest BCUT2D eigenvalue weighted by atomic mass is 9.83. The molecule has 384 valence electrons. The van der Waals surface area contributed by atoms with Gasteiger partial charge in [0.2, 0.25) is 0 Å². The second kappa shape index (κ2) is 21.5. The maximum Gasteiger partial charge on any atom is 0.328 e. The zero-order chi connectivity index (χ0) is 52.5. The second-order valence-corrected chi connectivity index (χ2v) is 21.1. The highest BCUT2D eigenvalue weighted by molar-refractivity contribution is 5.86. The Morgan fingerprint density at radius 3 is 1.20 bits per heavy atom. The summed E-state index contributed by atoms with van der Waals surface area (Å²) in [5.74, 6) is -0.405. The molecule has 0 radical (unpaired) electrons. The second-order valence-electron chi connectivity index (χ2n) is 21.1. The molecule has 6 aromatic carbocycles. The van der Waals surface area contributed by atoms with Gasteiger partial charge in [-0.05, 0) is 181 Å². The van der Waals surface area contributed by atoms with Crippen LogP contribution in [0.5, 0.6) is 0 Å². The van der Waals surface area contributed by atoms with Crippen molar-refractivity contribution in [2.75, 3.05) is 9.80 Å². The first-order valence-electron chi connectivity index (χ1n) is 27.1. The van der Waals surface area contributed by atoms with E-state index in [2.05, 4.69) is 169 Å². The average Bonchev–Trinajstić information content (AvgIpc) is 4.38. The van der Waals surface area contributed by atoms with Gasteiger partial charge >= 0.3 is 11.9 Å². The first-order chi connectivity index (χ1) is 37.0. The van der Waals surface area contributed by atoms with Crippen LogP contribution in [0.2, 0.25) is 0 Å². The van der Waals surface area contributed by atoms with E-state index in [0.717, 1.165) is 60.0 Å². The maximum atomic E-state index is 11.0. The number of aryl methyl sites for hydroxylation is 2. The first kappa shape index (κ1) is 49.9. The molecule has 0 unspecified atom stereocenters. The summed E-state index contributed by atoms with van der Waals surface area (Å²) in [7, 11) is 0. The molecule has 76 heavy (non-hydrogen) atoms. The topological polar surface area (TPSA) is 117 Å². The standard InChI is InChI=1S/2C33H33N3O2/c2*1-3-35-21-29(20-34-35)27-13-16-31-28(19-27)18-22(2)36(30-14-11-25(12-15-30)24-9-10-24)33(31)26-7-4-23(5-8-26)6-17-32(37)38/h2*4-8,11-17,19-22,24,33H,3,9-10,18H2,1-2H3,(H,37,38)/b2*17-6+/t2*22-,33-/m10/s1. The summed E-state index contributed by atoms with van der Waals surface area (Å²) >= 11 is 0. The van der Waals surface area contributed by atoms with Crippen LogP contribution in [0.1, 0.15) is 133 Å². The summed E-state index contributed by atoms with van der Waals surface area (Å²) in [4.78, 5) is 27.1. The van der Waals surface area contributed by atoms with E-state index in [1.54, 1.807) is 12.2 Å². The summed E-state index contributed by atoms with van der Waals surface area (Å²) < 4.78 is 3.93. The van der Waals surface area contributed by atoms with Crippen molar-refractivity contribution >= 4 is 35.5 Å². The van der Waals surface area contributed by atoms with Crippen molar-refractivity contribution in [2.24, 2.45) is 0 Å². The lowest BCUT2D eigenvalue weighted by Gasteiger charge is -2.44. The highest BCUT2D eigenvalue weighted by Gasteiger charge is 2.36. The molecule has 8 aromatic rings. The van der Waals surface area contributed by atoms with Crippen molar-refractivity contribution in [2.45, 2.75) is 115 Å². The zero-order valence-electron chi connectivity index (χ0n) is 43.8. The molecule has 2 aromatic heterocycles. The van der Waals surface area contributed by atoms with Gasteiger partial charge in [-0.25, -0.2) is 9.59 Å². The van der Waals surface area contributed by atoms with Crippen molar-refractivity contribution in [1.82, 2.24) is 19.6 Å². The Morgan fingerprint density at radius 2 is 0.868 bits per heavy atom. The Hall–Kier alpha value is -8.24. The molecule has 2 saturated carbocycles. The predicted octanol–water partition coefficient (Wildman–Crippen LogP) is 14.2. The van der Waals surface area contributed by atoms with Crippen molar-refractivity contribution in [3.63, 3.8) is 0 Å². The largest absolute Gasteiger partial charge is 0.478 e. The summed E-state index contributed by atoms with van der Waals surface area (Å²) in [5.41, 5.74) is 19.6. The number of hydrogen-bond acceptors (Lipinski definition) is 6. The van der Waals surface area contributed by atoms with E-state index in [1.165, 1.54) is 105 Å². The molecular formula is C66H66N6O4. The third-order valence-corrected chi connectivity index (χ3v) is 15.8. The minimum absolute atomic E-state index is 0.0606. The van der Waals surface area contributed by atoms with Crippen molar-refractivity contribution in [3.05, 3.63) is 226 Å². The molecule has 0 saturated heterocycles. The molecule has 10 nitrogen and oxygen atoms in total. The highest BCUT2D eigenvalue weighted by atomic mass is 16.4. The van der Waals surface area contributed by atoms with Gasteiger partial charge in [0.05, 0.1) is 24.5 Å². The van der Waals surface area contributed by atoms with Gasteiger partial charge in [-0.15, -0.1) is 0 Å². The van der Waals surface area contributed by atoms with Crippen LogP contribution in [-0.4, -0.2) is 53.8 Å². The SMILES string of the molecule is CCn1cc(-c2ccc3c(c2)C[C@@H](C)N(c2ccc(C4CC4)cc2)[C@@H]3c2ccc(/C=C/C(=O)O)cc2)cn1.CCn1cc(-c2ccc3c(c2)C[C@H](C)N(c2ccc(C4CC4)cc2)[C@H]3c2ccc(/C=C/C(=O)O)cc2)cn1. The molecule has 0 spiro atoms. The normalized spacial score (nSPS) is 19.1. The molecule has 2 aliphatic heterocycles. The fourth-order valence-corrected chi connectivity index (χ4v) is 11.5. The van der Waals surface area contributed by atoms with Gasteiger partial charge in [0, 0.05) is 72.2 Å². The summed E-state index contributed by atoms with van der Waals surface area (Å²) in [6.07, 6.45) is 20.9. The lowest BCUT2D eigenvalue weighted by Crippen LogP contribution is -2.42. The van der Waals surface area contributed by atoms with Crippen LogP contribution >= 0.6 is 0 Å². The molecule has 4 heterocycles. The summed E-state index contributed by atoms with van der Waals surface area (Å²) in [5, 5.41) is 27.0. The number of rotatable bonds is 14. The average molecular weight is 1010 g/mol. The van der Waals surface area contributed by atoms with E-state index in [1.807, 2.05) is 46.0 Å². The molecule has 10 heteroatoms. The number of carbonyl (C=O) groups is 2. The van der Waals surface area contributed by atoms with Gasteiger partial charge in [-0.3, -0.25) is 9.36 Å². The molecule has 0 bridgehead atoms. The molecule has 2 fully saturated rings. The quantitative estimate of drug-likeness (QED) is 0.103. The smallest absolute Gasteiger partial charge is 0.328 e. The van der Waals surface area contributed by atoms with Gasteiger partial charge in [0.25, 0.3) is 0 Å². The van der Waals surface area contributed by atoms with E-state index < -0.39 is 11.9 Å². The Bertz CT molecular complexity index is 3190. The van der Waals surface area contributed by atoms with Gasteiger partial charge in [-0.2, -0.15) is 10.2 Å². The van der Waals surface area contributed by atoms with E-state index in [9.17, 15) is 9.59 Å². The molecule has 4 aliphatic rings. The van der Waals surface area contributed by atoms with Gasteiger partial charge < -0.3 is 20.0 Å². The van der Waals surface area contributed by atoms with Gasteiger partial charge in [0.1, 0.15) is 0 Å². The fraction of sp³-hybridized carbons (Fsp3) is 0.273. The van der Waals surface area contributed by atoms with Crippen LogP contribution in [0.15, 0.2) is 170 Å².